The molecule has 0 saturated heterocycles. The van der Waals surface area contributed by atoms with Crippen molar-refractivity contribution < 1.29 is 1.37 Å². The molecule has 0 amide bonds. The lowest BCUT2D eigenvalue weighted by atomic mass is 9.91. The maximum Gasteiger partial charge on any atom is 0.0269 e. The predicted molar refractivity (Wildman–Crippen MR) is 32.2 cm³/mol. The van der Waals surface area contributed by atoms with Gasteiger partial charge in [-0.05, 0) is 5.92 Å². The molecule has 0 heterocycles. The summed E-state index contributed by atoms with van der Waals surface area (Å²) >= 11 is 0. The van der Waals surface area contributed by atoms with E-state index in [1.807, 2.05) is 0 Å². The second-order valence-electron chi connectivity index (χ2n) is 2.50. The van der Waals surface area contributed by atoms with E-state index in [-0.39, 0.29) is 6.40 Å². The first-order valence-corrected chi connectivity index (χ1v) is 3.23. The van der Waals surface area contributed by atoms with Crippen molar-refractivity contribution in [3.63, 3.8) is 0 Å². The fourth-order valence-electron chi connectivity index (χ4n) is 1.13. The lowest BCUT2D eigenvalue weighted by Gasteiger charge is -2.15. The molecule has 1 fully saturated rings. The Labute approximate surface area is 47.3 Å². The number of hydrogen-bond acceptors (Lipinski definition) is 0. The van der Waals surface area contributed by atoms with Gasteiger partial charge >= 0.3 is 0 Å². The van der Waals surface area contributed by atoms with Crippen LogP contribution in [0.25, 0.3) is 0 Å². The zero-order valence-electron chi connectivity index (χ0n) is 5.98. The minimum Gasteiger partial charge on any atom is -0.0625 e. The van der Waals surface area contributed by atoms with Gasteiger partial charge < -0.3 is 0 Å². The summed E-state index contributed by atoms with van der Waals surface area (Å²) in [5.41, 5.74) is 0. The summed E-state index contributed by atoms with van der Waals surface area (Å²) in [4.78, 5) is 0. The lowest BCUT2D eigenvalue weighted by Crippen LogP contribution is -1.99. The minimum absolute atomic E-state index is 0.253. The van der Waals surface area contributed by atoms with Crippen LogP contribution in [0.3, 0.4) is 0 Å². The van der Waals surface area contributed by atoms with Gasteiger partial charge in [0.2, 0.25) is 0 Å². The maximum absolute atomic E-state index is 7.48. The molecule has 1 rings (SSSR count). The van der Waals surface area contributed by atoms with Crippen LogP contribution >= 0.6 is 0 Å². The Kier molecular flexibility index (Phi) is 1.32. The summed E-state index contributed by atoms with van der Waals surface area (Å²) in [6.07, 6.45) is 5.33. The third kappa shape index (κ3) is 1.50. The quantitative estimate of drug-likeness (QED) is 0.438. The second-order valence-corrected chi connectivity index (χ2v) is 2.50. The fourth-order valence-corrected chi connectivity index (χ4v) is 1.13. The zero-order chi connectivity index (χ0) is 5.98. The van der Waals surface area contributed by atoms with Gasteiger partial charge in [-0.2, -0.15) is 0 Å². The Morgan fingerprint density at radius 2 is 2.29 bits per heavy atom. The van der Waals surface area contributed by atoms with Gasteiger partial charge in [-0.25, -0.2) is 0 Å². The van der Waals surface area contributed by atoms with E-state index in [1.54, 1.807) is 0 Å². The van der Waals surface area contributed by atoms with Gasteiger partial charge in [0.25, 0.3) is 0 Å². The van der Waals surface area contributed by atoms with E-state index in [0.29, 0.717) is 5.92 Å². The van der Waals surface area contributed by atoms with Gasteiger partial charge in [-0.3, -0.25) is 0 Å². The molecule has 1 saturated carbocycles. The monoisotopic (exact) mass is 99.1 g/mol. The molecule has 0 radical (unpaired) electrons. The van der Waals surface area contributed by atoms with Gasteiger partial charge in [0.1, 0.15) is 0 Å². The van der Waals surface area contributed by atoms with Crippen LogP contribution in [0.1, 0.15) is 40.4 Å². The Balaban J connectivity index is 2.28. The first kappa shape index (κ1) is 3.94. The highest BCUT2D eigenvalue weighted by Crippen LogP contribution is 2.21. The highest BCUT2D eigenvalue weighted by atomic mass is 14.1. The Morgan fingerprint density at radius 3 is 2.71 bits per heavy atom. The van der Waals surface area contributed by atoms with E-state index < -0.39 is 0 Å². The van der Waals surface area contributed by atoms with Gasteiger partial charge in [0.05, 0.1) is 0 Å². The van der Waals surface area contributed by atoms with E-state index in [9.17, 15) is 0 Å². The summed E-state index contributed by atoms with van der Waals surface area (Å²) < 4.78 is 7.48. The SMILES string of the molecule is [2H]C1CCCCC1C. The Morgan fingerprint density at radius 1 is 1.43 bits per heavy atom. The molecular formula is C7H14. The average Bonchev–Trinajstić information content (AvgIpc) is 1.77. The molecule has 1 aliphatic carbocycles. The molecule has 0 aromatic carbocycles. The van der Waals surface area contributed by atoms with Gasteiger partial charge in [-0.15, -0.1) is 0 Å². The standard InChI is InChI=1S/C7H14/c1-7-5-3-2-4-6-7/h7H,2-6H2,1H3/i5D. The third-order valence-electron chi connectivity index (χ3n) is 1.68. The molecule has 1 aliphatic rings. The minimum atomic E-state index is 0.253. The topological polar surface area (TPSA) is 0 Å². The highest BCUT2D eigenvalue weighted by Gasteiger charge is 2.05. The largest absolute Gasteiger partial charge is 0.0625 e. The van der Waals surface area contributed by atoms with Crippen molar-refractivity contribution in [3.8, 4) is 0 Å². The van der Waals surface area contributed by atoms with Crippen molar-refractivity contribution in [2.75, 3.05) is 0 Å². The molecule has 0 aromatic heterocycles. The lowest BCUT2D eigenvalue weighted by molar-refractivity contribution is 0.385. The van der Waals surface area contributed by atoms with E-state index in [1.165, 1.54) is 19.3 Å². The Hall–Kier alpha value is 0. The first-order chi connectivity index (χ1) is 3.80. The van der Waals surface area contributed by atoms with Crippen molar-refractivity contribution >= 4 is 0 Å². The fraction of sp³-hybridized carbons (Fsp3) is 1.00. The molecule has 0 spiro atoms. The molecule has 2 unspecified atom stereocenters. The molecular weight excluding hydrogens is 84.1 g/mol. The van der Waals surface area contributed by atoms with E-state index in [0.717, 1.165) is 6.42 Å². The van der Waals surface area contributed by atoms with Crippen LogP contribution < -0.4 is 0 Å². The molecule has 0 nitrogen and oxygen atoms in total. The van der Waals surface area contributed by atoms with E-state index in [2.05, 4.69) is 6.92 Å². The van der Waals surface area contributed by atoms with Crippen LogP contribution in [0.2, 0.25) is 0 Å². The zero-order valence-corrected chi connectivity index (χ0v) is 4.98. The Bertz CT molecular complexity index is 60.8. The van der Waals surface area contributed by atoms with Crippen LogP contribution in [0.15, 0.2) is 0 Å². The maximum atomic E-state index is 7.48. The number of hydrogen-bond donors (Lipinski definition) is 0. The van der Waals surface area contributed by atoms with Gasteiger partial charge in [-0.1, -0.05) is 39.0 Å². The van der Waals surface area contributed by atoms with Crippen molar-refractivity contribution in [2.24, 2.45) is 5.92 Å². The number of rotatable bonds is 0. The highest BCUT2D eigenvalue weighted by molar-refractivity contribution is 4.59. The molecule has 0 N–H and O–H groups in total. The van der Waals surface area contributed by atoms with E-state index >= 15 is 0 Å². The van der Waals surface area contributed by atoms with Crippen molar-refractivity contribution in [1.82, 2.24) is 0 Å². The smallest absolute Gasteiger partial charge is 0.0269 e. The molecule has 2 atom stereocenters. The third-order valence-corrected chi connectivity index (χ3v) is 1.68. The summed E-state index contributed by atoms with van der Waals surface area (Å²) in [5.74, 6) is 0.670. The summed E-state index contributed by atoms with van der Waals surface area (Å²) in [6, 6.07) is 0. The molecule has 0 aromatic rings. The summed E-state index contributed by atoms with van der Waals surface area (Å²) in [6.45, 7) is 2.19. The average molecular weight is 99.2 g/mol. The normalized spacial score (nSPS) is 45.6. The molecule has 0 bridgehead atoms. The summed E-state index contributed by atoms with van der Waals surface area (Å²) in [7, 11) is 0. The molecule has 0 heteroatoms. The molecule has 42 valence electrons. The summed E-state index contributed by atoms with van der Waals surface area (Å²) in [5, 5.41) is 0. The van der Waals surface area contributed by atoms with Gasteiger partial charge in [0.15, 0.2) is 0 Å². The van der Waals surface area contributed by atoms with E-state index in [4.69, 9.17) is 1.37 Å². The predicted octanol–water partition coefficient (Wildman–Crippen LogP) is 2.59. The first-order valence-electron chi connectivity index (χ1n) is 3.80. The van der Waals surface area contributed by atoms with Crippen molar-refractivity contribution in [2.45, 2.75) is 39.0 Å². The molecule has 7 heavy (non-hydrogen) atoms. The van der Waals surface area contributed by atoms with Crippen molar-refractivity contribution in [1.29, 1.82) is 0 Å². The van der Waals surface area contributed by atoms with Crippen LogP contribution in [-0.2, 0) is 0 Å². The van der Waals surface area contributed by atoms with Crippen LogP contribution in [0, 0.1) is 5.92 Å². The van der Waals surface area contributed by atoms with Crippen LogP contribution in [-0.4, -0.2) is 0 Å². The van der Waals surface area contributed by atoms with Crippen LogP contribution in [0.5, 0.6) is 0 Å². The van der Waals surface area contributed by atoms with Crippen LogP contribution in [0.4, 0.5) is 0 Å². The molecule has 0 aliphatic heterocycles. The van der Waals surface area contributed by atoms with Crippen molar-refractivity contribution in [3.05, 3.63) is 0 Å². The second kappa shape index (κ2) is 2.34. The van der Waals surface area contributed by atoms with Gasteiger partial charge in [0, 0.05) is 1.37 Å².